The molecule has 0 radical (unpaired) electrons. The summed E-state index contributed by atoms with van der Waals surface area (Å²) in [5.41, 5.74) is 2.42. The van der Waals surface area contributed by atoms with Crippen LogP contribution in [0.2, 0.25) is 4.34 Å². The van der Waals surface area contributed by atoms with E-state index in [-0.39, 0.29) is 5.91 Å². The largest absolute Gasteiger partial charge is 0.302 e. The Hall–Kier alpha value is -2.77. The minimum atomic E-state index is -0.304. The van der Waals surface area contributed by atoms with Crippen LogP contribution in [-0.2, 0) is 0 Å². The third kappa shape index (κ3) is 2.99. The molecule has 3 heterocycles. The quantitative estimate of drug-likeness (QED) is 0.571. The van der Waals surface area contributed by atoms with Crippen molar-refractivity contribution in [3.05, 3.63) is 58.1 Å². The number of nitrogens with one attached hydrogen (secondary N) is 1. The van der Waals surface area contributed by atoms with Gasteiger partial charge in [0.05, 0.1) is 26.0 Å². The highest BCUT2D eigenvalue weighted by Crippen LogP contribution is 2.32. The molecule has 0 fully saturated rings. The number of carbonyl (C=O) groups excluding carboxylic acids is 1. The lowest BCUT2D eigenvalue weighted by Gasteiger charge is -2.08. The summed E-state index contributed by atoms with van der Waals surface area (Å²) in [6, 6.07) is 12.9. The Morgan fingerprint density at radius 2 is 2.04 bits per heavy atom. The first kappa shape index (κ1) is 15.7. The van der Waals surface area contributed by atoms with E-state index in [2.05, 4.69) is 25.2 Å². The molecule has 0 aliphatic rings. The summed E-state index contributed by atoms with van der Waals surface area (Å²) < 4.78 is 5.29. The first-order valence-electron chi connectivity index (χ1n) is 7.38. The Balaban J connectivity index is 1.83. The van der Waals surface area contributed by atoms with Gasteiger partial charge in [-0.05, 0) is 36.3 Å². The molecule has 0 saturated carbocycles. The van der Waals surface area contributed by atoms with E-state index >= 15 is 0 Å². The van der Waals surface area contributed by atoms with Gasteiger partial charge in [-0.2, -0.15) is 0 Å². The van der Waals surface area contributed by atoms with Crippen LogP contribution in [0.5, 0.6) is 0 Å². The molecule has 3 aromatic heterocycles. The molecule has 6 nitrogen and oxygen atoms in total. The van der Waals surface area contributed by atoms with Crippen LogP contribution >= 0.6 is 22.9 Å². The zero-order chi connectivity index (χ0) is 17.4. The fraction of sp³-hybridized carbons (Fsp3) is 0.0588. The van der Waals surface area contributed by atoms with Crippen LogP contribution in [0, 0.1) is 6.92 Å². The number of para-hydroxylation sites is 1. The number of aryl methyl sites for hydroxylation is 1. The van der Waals surface area contributed by atoms with Gasteiger partial charge >= 0.3 is 0 Å². The first-order valence-corrected chi connectivity index (χ1v) is 8.57. The van der Waals surface area contributed by atoms with Gasteiger partial charge in [-0.3, -0.25) is 4.79 Å². The van der Waals surface area contributed by atoms with Gasteiger partial charge in [0.2, 0.25) is 5.82 Å². The van der Waals surface area contributed by atoms with Crippen molar-refractivity contribution < 1.29 is 9.42 Å². The Bertz CT molecular complexity index is 1090. The Morgan fingerprint density at radius 1 is 1.20 bits per heavy atom. The van der Waals surface area contributed by atoms with E-state index in [0.717, 1.165) is 15.8 Å². The van der Waals surface area contributed by atoms with Crippen LogP contribution in [0.3, 0.4) is 0 Å². The van der Waals surface area contributed by atoms with E-state index in [9.17, 15) is 4.79 Å². The van der Waals surface area contributed by atoms with Crippen LogP contribution < -0.4 is 5.32 Å². The molecule has 4 rings (SSSR count). The first-order chi connectivity index (χ1) is 12.1. The number of halogens is 1. The van der Waals surface area contributed by atoms with Crippen molar-refractivity contribution in [1.82, 2.24) is 15.3 Å². The van der Waals surface area contributed by atoms with Gasteiger partial charge in [-0.1, -0.05) is 35.0 Å². The number of carbonyl (C=O) groups is 1. The summed E-state index contributed by atoms with van der Waals surface area (Å²) in [6.45, 7) is 1.70. The maximum atomic E-state index is 12.8. The third-order valence-corrected chi connectivity index (χ3v) is 4.92. The Labute approximate surface area is 151 Å². The molecule has 1 N–H and O–H groups in total. The average Bonchev–Trinajstić information content (AvgIpc) is 3.22. The van der Waals surface area contributed by atoms with Crippen molar-refractivity contribution in [3.8, 4) is 10.6 Å². The molecule has 0 spiro atoms. The molecule has 0 atom stereocenters. The number of pyridine rings is 1. The molecule has 8 heteroatoms. The van der Waals surface area contributed by atoms with Gasteiger partial charge in [0.25, 0.3) is 5.91 Å². The van der Waals surface area contributed by atoms with E-state index in [1.807, 2.05) is 36.4 Å². The second-order valence-corrected chi connectivity index (χ2v) is 7.04. The number of fused-ring (bicyclic) bond motifs is 1. The number of anilines is 1. The van der Waals surface area contributed by atoms with Crippen LogP contribution in [-0.4, -0.2) is 21.2 Å². The lowest BCUT2D eigenvalue weighted by atomic mass is 10.1. The summed E-state index contributed by atoms with van der Waals surface area (Å²) in [5.74, 6) is -0.00656. The molecule has 25 heavy (non-hydrogen) atoms. The van der Waals surface area contributed by atoms with Crippen molar-refractivity contribution in [1.29, 1.82) is 0 Å². The standard InChI is InChI=1S/C17H11ClN4O2S/c1-9-16(22-24-21-9)20-17(23)11-8-13(14-6-7-15(18)25-14)19-12-5-3-2-4-10(11)12/h2-8H,1H3,(H,20,22,23). The summed E-state index contributed by atoms with van der Waals surface area (Å²) >= 11 is 7.44. The highest BCUT2D eigenvalue weighted by Gasteiger charge is 2.17. The van der Waals surface area contributed by atoms with Crippen molar-refractivity contribution in [2.45, 2.75) is 6.92 Å². The van der Waals surface area contributed by atoms with E-state index in [1.54, 1.807) is 13.0 Å². The van der Waals surface area contributed by atoms with Crippen LogP contribution in [0.1, 0.15) is 16.1 Å². The highest BCUT2D eigenvalue weighted by molar-refractivity contribution is 7.19. The minimum absolute atomic E-state index is 0.298. The predicted octanol–water partition coefficient (Wildman–Crippen LogP) is 4.56. The zero-order valence-corrected chi connectivity index (χ0v) is 14.6. The average molecular weight is 371 g/mol. The molecule has 0 saturated heterocycles. The van der Waals surface area contributed by atoms with Crippen molar-refractivity contribution in [2.75, 3.05) is 5.32 Å². The smallest absolute Gasteiger partial charge is 0.257 e. The molecule has 124 valence electrons. The summed E-state index contributed by atoms with van der Waals surface area (Å²) in [7, 11) is 0. The molecule has 1 aromatic carbocycles. The second-order valence-electron chi connectivity index (χ2n) is 5.33. The summed E-state index contributed by atoms with van der Waals surface area (Å²) in [4.78, 5) is 18.3. The summed E-state index contributed by atoms with van der Waals surface area (Å²) in [5, 5.41) is 10.8. The number of thiophene rings is 1. The molecular weight excluding hydrogens is 360 g/mol. The molecule has 1 amide bonds. The molecule has 0 bridgehead atoms. The minimum Gasteiger partial charge on any atom is -0.302 e. The number of rotatable bonds is 3. The monoisotopic (exact) mass is 370 g/mol. The third-order valence-electron chi connectivity index (χ3n) is 3.67. The number of amides is 1. The van der Waals surface area contributed by atoms with E-state index in [0.29, 0.717) is 27.1 Å². The lowest BCUT2D eigenvalue weighted by Crippen LogP contribution is -2.14. The number of benzene rings is 1. The highest BCUT2D eigenvalue weighted by atomic mass is 35.5. The molecule has 4 aromatic rings. The maximum Gasteiger partial charge on any atom is 0.257 e. The number of nitrogens with zero attached hydrogens (tertiary/aromatic N) is 3. The van der Waals surface area contributed by atoms with Crippen molar-refractivity contribution in [3.63, 3.8) is 0 Å². The molecule has 0 aliphatic heterocycles. The molecule has 0 aliphatic carbocycles. The maximum absolute atomic E-state index is 12.8. The number of aromatic nitrogens is 3. The topological polar surface area (TPSA) is 80.9 Å². The van der Waals surface area contributed by atoms with E-state index in [4.69, 9.17) is 11.6 Å². The number of hydrogen-bond donors (Lipinski definition) is 1. The van der Waals surface area contributed by atoms with Gasteiger partial charge in [0.1, 0.15) is 5.69 Å². The Morgan fingerprint density at radius 3 is 2.76 bits per heavy atom. The van der Waals surface area contributed by atoms with Crippen LogP contribution in [0.4, 0.5) is 5.82 Å². The van der Waals surface area contributed by atoms with Gasteiger partial charge < -0.3 is 5.32 Å². The van der Waals surface area contributed by atoms with Gasteiger partial charge in [0, 0.05) is 5.39 Å². The second kappa shape index (κ2) is 6.27. The van der Waals surface area contributed by atoms with Crippen LogP contribution in [0.15, 0.2) is 47.1 Å². The SMILES string of the molecule is Cc1nonc1NC(=O)c1cc(-c2ccc(Cl)s2)nc2ccccc12. The van der Waals surface area contributed by atoms with E-state index < -0.39 is 0 Å². The number of hydrogen-bond acceptors (Lipinski definition) is 6. The fourth-order valence-corrected chi connectivity index (χ4v) is 3.47. The van der Waals surface area contributed by atoms with Crippen molar-refractivity contribution in [2.24, 2.45) is 0 Å². The van der Waals surface area contributed by atoms with Crippen LogP contribution in [0.25, 0.3) is 21.5 Å². The predicted molar refractivity (Wildman–Crippen MR) is 97.1 cm³/mol. The molecule has 0 unspecified atom stereocenters. The van der Waals surface area contributed by atoms with E-state index in [1.165, 1.54) is 11.3 Å². The van der Waals surface area contributed by atoms with Crippen molar-refractivity contribution >= 4 is 45.6 Å². The summed E-state index contributed by atoms with van der Waals surface area (Å²) in [6.07, 6.45) is 0. The van der Waals surface area contributed by atoms with Gasteiger partial charge in [0.15, 0.2) is 0 Å². The lowest BCUT2D eigenvalue weighted by molar-refractivity contribution is 0.102. The fourth-order valence-electron chi connectivity index (χ4n) is 2.46. The van der Waals surface area contributed by atoms with Gasteiger partial charge in [-0.15, -0.1) is 11.3 Å². The Kier molecular flexibility index (Phi) is 3.95. The van der Waals surface area contributed by atoms with Gasteiger partial charge in [-0.25, -0.2) is 9.61 Å². The normalized spacial score (nSPS) is 11.0. The zero-order valence-electron chi connectivity index (χ0n) is 13.0. The molecular formula is C17H11ClN4O2S.